The summed E-state index contributed by atoms with van der Waals surface area (Å²) in [4.78, 5) is 27.9. The number of para-hydroxylation sites is 1. The Kier molecular flexibility index (Phi) is 7.89. The van der Waals surface area contributed by atoms with Crippen LogP contribution in [0.1, 0.15) is 6.92 Å². The zero-order valence-corrected chi connectivity index (χ0v) is 23.4. The van der Waals surface area contributed by atoms with Crippen LogP contribution in [-0.2, 0) is 26.1 Å². The van der Waals surface area contributed by atoms with Gasteiger partial charge in [-0.05, 0) is 42.6 Å². The van der Waals surface area contributed by atoms with E-state index in [1.807, 2.05) is 36.4 Å². The van der Waals surface area contributed by atoms with Crippen molar-refractivity contribution in [3.8, 4) is 0 Å². The molecule has 0 aliphatic carbocycles. The number of nitrogens with one attached hydrogen (secondary N) is 2. The summed E-state index contributed by atoms with van der Waals surface area (Å²) in [6.07, 6.45) is 0. The quantitative estimate of drug-likeness (QED) is 0.315. The third kappa shape index (κ3) is 5.24. The molecule has 0 bridgehead atoms. The van der Waals surface area contributed by atoms with Crippen LogP contribution in [0.2, 0.25) is 0 Å². The standard InChI is InChI=1S/C27H31N5O5S2/c1-3-31-22-8-5-4-7-20(22)21-17-19(10-11-23(21)31)29-26(33)24-18-30(27(34)28-12-15-37-2)13-14-32(24)39(35,36)25-9-6-16-38-25/h4-11,16-17,24H,3,12-15,18H2,1-2H3,(H,28,34)(H,29,33). The van der Waals surface area contributed by atoms with Crippen molar-refractivity contribution in [3.63, 3.8) is 0 Å². The number of anilines is 1. The van der Waals surface area contributed by atoms with E-state index in [1.54, 1.807) is 11.4 Å². The predicted molar refractivity (Wildman–Crippen MR) is 153 cm³/mol. The molecule has 1 unspecified atom stereocenters. The number of carbonyl (C=O) groups excluding carboxylic acids is 2. The first-order valence-electron chi connectivity index (χ1n) is 12.7. The summed E-state index contributed by atoms with van der Waals surface area (Å²) in [5.74, 6) is -0.497. The van der Waals surface area contributed by atoms with Crippen LogP contribution in [0, 0.1) is 0 Å². The van der Waals surface area contributed by atoms with Crippen molar-refractivity contribution < 1.29 is 22.7 Å². The molecular formula is C27H31N5O5S2. The van der Waals surface area contributed by atoms with Gasteiger partial charge in [0.1, 0.15) is 10.3 Å². The van der Waals surface area contributed by atoms with Gasteiger partial charge < -0.3 is 24.8 Å². The number of nitrogens with zero attached hydrogens (tertiary/aromatic N) is 3. The smallest absolute Gasteiger partial charge is 0.317 e. The Bertz CT molecular complexity index is 1600. The van der Waals surface area contributed by atoms with Crippen LogP contribution >= 0.6 is 11.3 Å². The molecule has 39 heavy (non-hydrogen) atoms. The van der Waals surface area contributed by atoms with Gasteiger partial charge >= 0.3 is 6.03 Å². The van der Waals surface area contributed by atoms with Crippen LogP contribution in [0.3, 0.4) is 0 Å². The summed E-state index contributed by atoms with van der Waals surface area (Å²) in [6.45, 7) is 3.63. The first-order valence-corrected chi connectivity index (χ1v) is 15.1. The van der Waals surface area contributed by atoms with Crippen molar-refractivity contribution in [2.75, 3.05) is 45.2 Å². The zero-order valence-electron chi connectivity index (χ0n) is 21.8. The number of thiophene rings is 1. The number of rotatable bonds is 8. The van der Waals surface area contributed by atoms with E-state index in [4.69, 9.17) is 4.74 Å². The van der Waals surface area contributed by atoms with E-state index in [9.17, 15) is 18.0 Å². The predicted octanol–water partition coefficient (Wildman–Crippen LogP) is 3.55. The van der Waals surface area contributed by atoms with Crippen LogP contribution < -0.4 is 10.6 Å². The molecule has 1 aliphatic heterocycles. The van der Waals surface area contributed by atoms with Crippen molar-refractivity contribution in [1.82, 2.24) is 19.1 Å². The highest BCUT2D eigenvalue weighted by Crippen LogP contribution is 2.31. The summed E-state index contributed by atoms with van der Waals surface area (Å²) in [7, 11) is -2.39. The maximum absolute atomic E-state index is 13.7. The maximum atomic E-state index is 13.7. The molecule has 1 aliphatic rings. The molecule has 10 nitrogen and oxygen atoms in total. The van der Waals surface area contributed by atoms with Gasteiger partial charge in [-0.2, -0.15) is 4.31 Å². The Hall–Kier alpha value is -3.45. The number of methoxy groups -OCH3 is 1. The van der Waals surface area contributed by atoms with E-state index in [0.29, 0.717) is 18.8 Å². The average Bonchev–Trinajstić information content (AvgIpc) is 3.60. The minimum atomic E-state index is -3.93. The van der Waals surface area contributed by atoms with Crippen LogP contribution in [0.15, 0.2) is 64.2 Å². The van der Waals surface area contributed by atoms with Gasteiger partial charge in [-0.15, -0.1) is 11.3 Å². The molecule has 3 heterocycles. The van der Waals surface area contributed by atoms with Crippen molar-refractivity contribution in [2.45, 2.75) is 23.7 Å². The molecule has 206 valence electrons. The molecule has 3 amide bonds. The summed E-state index contributed by atoms with van der Waals surface area (Å²) in [5, 5.41) is 9.43. The topological polar surface area (TPSA) is 113 Å². The second-order valence-corrected chi connectivity index (χ2v) is 12.3. The molecule has 2 aromatic carbocycles. The van der Waals surface area contributed by atoms with Gasteiger partial charge in [0, 0.05) is 67.3 Å². The maximum Gasteiger partial charge on any atom is 0.317 e. The molecule has 0 radical (unpaired) electrons. The van der Waals surface area contributed by atoms with Crippen molar-refractivity contribution >= 4 is 60.8 Å². The molecule has 1 saturated heterocycles. The van der Waals surface area contributed by atoms with Crippen LogP contribution in [0.4, 0.5) is 10.5 Å². The lowest BCUT2D eigenvalue weighted by molar-refractivity contribution is -0.121. The summed E-state index contributed by atoms with van der Waals surface area (Å²) >= 11 is 1.10. The lowest BCUT2D eigenvalue weighted by Crippen LogP contribution is -2.61. The Morgan fingerprint density at radius 1 is 1.05 bits per heavy atom. The minimum absolute atomic E-state index is 0.000951. The molecule has 2 aromatic heterocycles. The third-order valence-corrected chi connectivity index (χ3v) is 10.2. The molecule has 12 heteroatoms. The van der Waals surface area contributed by atoms with E-state index in [1.165, 1.54) is 22.4 Å². The summed E-state index contributed by atoms with van der Waals surface area (Å²) in [6, 6.07) is 15.5. The second-order valence-electron chi connectivity index (χ2n) is 9.22. The van der Waals surface area contributed by atoms with Crippen molar-refractivity contribution in [1.29, 1.82) is 0 Å². The number of piperazine rings is 1. The highest BCUT2D eigenvalue weighted by Gasteiger charge is 2.41. The van der Waals surface area contributed by atoms with Gasteiger partial charge in [0.25, 0.3) is 10.0 Å². The Morgan fingerprint density at radius 3 is 2.59 bits per heavy atom. The van der Waals surface area contributed by atoms with Gasteiger partial charge in [0.15, 0.2) is 0 Å². The van der Waals surface area contributed by atoms with Gasteiger partial charge in [0.2, 0.25) is 5.91 Å². The summed E-state index contributed by atoms with van der Waals surface area (Å²) in [5.41, 5.74) is 2.71. The number of carbonyl (C=O) groups is 2. The highest BCUT2D eigenvalue weighted by molar-refractivity contribution is 7.91. The van der Waals surface area contributed by atoms with E-state index in [-0.39, 0.29) is 29.9 Å². The van der Waals surface area contributed by atoms with E-state index < -0.39 is 22.0 Å². The fraction of sp³-hybridized carbons (Fsp3) is 0.333. The molecule has 5 rings (SSSR count). The lowest BCUT2D eigenvalue weighted by Gasteiger charge is -2.39. The first kappa shape index (κ1) is 27.1. The Morgan fingerprint density at radius 2 is 1.85 bits per heavy atom. The fourth-order valence-electron chi connectivity index (χ4n) is 5.05. The van der Waals surface area contributed by atoms with Crippen LogP contribution in [0.25, 0.3) is 21.8 Å². The largest absolute Gasteiger partial charge is 0.383 e. The number of hydrogen-bond donors (Lipinski definition) is 2. The lowest BCUT2D eigenvalue weighted by atomic mass is 10.1. The normalized spacial score (nSPS) is 16.6. The zero-order chi connectivity index (χ0) is 27.6. The Balaban J connectivity index is 1.44. The van der Waals surface area contributed by atoms with E-state index in [0.717, 1.165) is 39.7 Å². The molecule has 0 saturated carbocycles. The van der Waals surface area contributed by atoms with Crippen LogP contribution in [-0.4, -0.2) is 80.1 Å². The number of aryl methyl sites for hydroxylation is 1. The molecule has 2 N–H and O–H groups in total. The number of urea groups is 1. The SMILES string of the molecule is CCn1c2ccccc2c2cc(NC(=O)C3CN(C(=O)NCCOC)CCN3S(=O)(=O)c3cccs3)ccc21. The average molecular weight is 570 g/mol. The fourth-order valence-corrected chi connectivity index (χ4v) is 7.74. The number of benzene rings is 2. The van der Waals surface area contributed by atoms with Crippen molar-refractivity contribution in [3.05, 3.63) is 60.0 Å². The molecule has 4 aromatic rings. The monoisotopic (exact) mass is 569 g/mol. The molecule has 0 spiro atoms. The van der Waals surface area contributed by atoms with Gasteiger partial charge in [-0.1, -0.05) is 24.3 Å². The molecule has 1 fully saturated rings. The first-order chi connectivity index (χ1) is 18.8. The van der Waals surface area contributed by atoms with Gasteiger partial charge in [0.05, 0.1) is 6.61 Å². The number of hydrogen-bond acceptors (Lipinski definition) is 6. The molecule has 1 atom stereocenters. The highest BCUT2D eigenvalue weighted by atomic mass is 32.2. The van der Waals surface area contributed by atoms with Gasteiger partial charge in [-0.3, -0.25) is 4.79 Å². The number of ether oxygens (including phenoxy) is 1. The molecular weight excluding hydrogens is 538 g/mol. The van der Waals surface area contributed by atoms with E-state index in [2.05, 4.69) is 28.2 Å². The number of aromatic nitrogens is 1. The van der Waals surface area contributed by atoms with Crippen LogP contribution in [0.5, 0.6) is 0 Å². The number of amides is 3. The summed E-state index contributed by atoms with van der Waals surface area (Å²) < 4.78 is 35.5. The van der Waals surface area contributed by atoms with Gasteiger partial charge in [-0.25, -0.2) is 13.2 Å². The second kappa shape index (κ2) is 11.3. The number of sulfonamides is 1. The number of fused-ring (bicyclic) bond motifs is 3. The van der Waals surface area contributed by atoms with Crippen molar-refractivity contribution in [2.24, 2.45) is 0 Å². The van der Waals surface area contributed by atoms with E-state index >= 15 is 0 Å². The minimum Gasteiger partial charge on any atom is -0.383 e. The third-order valence-electron chi connectivity index (χ3n) is 6.92. The Labute approximate surface area is 231 Å².